The van der Waals surface area contributed by atoms with E-state index in [9.17, 15) is 0 Å². The maximum absolute atomic E-state index is 15.3. The average Bonchev–Trinajstić information content (AvgIpc) is 3.50. The normalized spacial score (nSPS) is 13.0. The van der Waals surface area contributed by atoms with Gasteiger partial charge in [-0.25, -0.2) is 4.39 Å². The first-order valence-corrected chi connectivity index (χ1v) is 12.5. The first kappa shape index (κ1) is 26.8. The molecule has 1 aliphatic rings. The molecule has 0 fully saturated rings. The highest BCUT2D eigenvalue weighted by molar-refractivity contribution is 6.00. The second kappa shape index (κ2) is 12.8. The van der Waals surface area contributed by atoms with E-state index in [-0.39, 0.29) is 19.0 Å². The Bertz CT molecular complexity index is 1330. The van der Waals surface area contributed by atoms with Gasteiger partial charge in [0, 0.05) is 42.4 Å². The van der Waals surface area contributed by atoms with Crippen LogP contribution in [-0.2, 0) is 13.2 Å². The number of hydrogen-bond donors (Lipinski definition) is 2. The van der Waals surface area contributed by atoms with Gasteiger partial charge in [-0.15, -0.1) is 0 Å². The van der Waals surface area contributed by atoms with Gasteiger partial charge in [0.25, 0.3) is 0 Å². The maximum Gasteiger partial charge on any atom is 0.161 e. The minimum absolute atomic E-state index is 0.0322. The Morgan fingerprint density at radius 2 is 1.61 bits per heavy atom. The number of aliphatic imine (C=N–C) groups is 2. The molecule has 8 nitrogen and oxygen atoms in total. The van der Waals surface area contributed by atoms with Gasteiger partial charge in [-0.2, -0.15) is 0 Å². The monoisotopic (exact) mass is 520 g/mol. The lowest BCUT2D eigenvalue weighted by Crippen LogP contribution is -2.23. The van der Waals surface area contributed by atoms with Crippen LogP contribution < -0.4 is 29.6 Å². The van der Waals surface area contributed by atoms with E-state index in [1.165, 1.54) is 0 Å². The zero-order valence-electron chi connectivity index (χ0n) is 22.1. The summed E-state index contributed by atoms with van der Waals surface area (Å²) in [7, 11) is 4.87. The van der Waals surface area contributed by atoms with E-state index in [1.807, 2.05) is 37.3 Å². The zero-order valence-corrected chi connectivity index (χ0v) is 22.1. The van der Waals surface area contributed by atoms with Crippen LogP contribution in [0.5, 0.6) is 23.0 Å². The van der Waals surface area contributed by atoms with E-state index in [1.54, 1.807) is 45.5 Å². The molecule has 0 unspecified atom stereocenters. The molecule has 3 aromatic carbocycles. The number of rotatable bonds is 11. The van der Waals surface area contributed by atoms with E-state index in [2.05, 4.69) is 20.6 Å². The van der Waals surface area contributed by atoms with Crippen LogP contribution in [0.1, 0.15) is 29.2 Å². The van der Waals surface area contributed by atoms with Crippen molar-refractivity contribution in [3.63, 3.8) is 0 Å². The largest absolute Gasteiger partial charge is 0.493 e. The van der Waals surface area contributed by atoms with Gasteiger partial charge in [0.05, 0.1) is 20.8 Å². The molecule has 0 spiro atoms. The number of halogens is 1. The van der Waals surface area contributed by atoms with Gasteiger partial charge in [-0.1, -0.05) is 18.2 Å². The van der Waals surface area contributed by atoms with E-state index in [0.717, 1.165) is 42.4 Å². The van der Waals surface area contributed by atoms with Gasteiger partial charge in [0.1, 0.15) is 30.7 Å². The Balaban J connectivity index is 1.44. The first-order chi connectivity index (χ1) is 18.6. The molecule has 3 aromatic rings. The summed E-state index contributed by atoms with van der Waals surface area (Å²) >= 11 is 0. The Kier molecular flexibility index (Phi) is 9.02. The predicted molar refractivity (Wildman–Crippen MR) is 147 cm³/mol. The van der Waals surface area contributed by atoms with Gasteiger partial charge in [0.15, 0.2) is 23.0 Å². The summed E-state index contributed by atoms with van der Waals surface area (Å²) in [4.78, 5) is 8.70. The standard InChI is InChI=1S/C29H33FN4O4/c1-5-32-28(31-2)19-9-11-23(25(15-19)35-3)37-17-21-7-6-8-22(27(21)30)18-38-24-12-10-20(16-26(24)36-4)29-33-13-14-34-29/h6-12,15-16H,5,13-14,17-18H2,1-4H3,(H,31,32)(H,33,34). The fraction of sp³-hybridized carbons (Fsp3) is 0.310. The highest BCUT2D eigenvalue weighted by Crippen LogP contribution is 2.31. The highest BCUT2D eigenvalue weighted by atomic mass is 19.1. The van der Waals surface area contributed by atoms with Crippen LogP contribution in [0.25, 0.3) is 0 Å². The average molecular weight is 521 g/mol. The Hall–Kier alpha value is -4.27. The first-order valence-electron chi connectivity index (χ1n) is 12.5. The molecule has 1 aliphatic heterocycles. The number of nitrogens with one attached hydrogen (secondary N) is 2. The quantitative estimate of drug-likeness (QED) is 0.289. The van der Waals surface area contributed by atoms with Gasteiger partial charge < -0.3 is 29.6 Å². The highest BCUT2D eigenvalue weighted by Gasteiger charge is 2.15. The molecule has 9 heteroatoms. The molecule has 0 saturated carbocycles. The summed E-state index contributed by atoms with van der Waals surface area (Å²) in [6.07, 6.45) is 0. The van der Waals surface area contributed by atoms with Crippen molar-refractivity contribution in [1.82, 2.24) is 10.6 Å². The van der Waals surface area contributed by atoms with Crippen molar-refractivity contribution < 1.29 is 23.3 Å². The van der Waals surface area contributed by atoms with Gasteiger partial charge in [-0.05, 0) is 43.3 Å². The van der Waals surface area contributed by atoms with E-state index >= 15 is 4.39 Å². The van der Waals surface area contributed by atoms with E-state index in [0.29, 0.717) is 34.1 Å². The zero-order chi connectivity index (χ0) is 26.9. The summed E-state index contributed by atoms with van der Waals surface area (Å²) in [6, 6.07) is 16.3. The number of benzene rings is 3. The molecule has 0 amide bonds. The third kappa shape index (κ3) is 6.16. The maximum atomic E-state index is 15.3. The predicted octanol–water partition coefficient (Wildman–Crippen LogP) is 4.34. The molecule has 1 heterocycles. The van der Waals surface area contributed by atoms with Crippen LogP contribution in [0.15, 0.2) is 64.6 Å². The Labute approximate surface area is 222 Å². The van der Waals surface area contributed by atoms with Crippen molar-refractivity contribution in [2.45, 2.75) is 20.1 Å². The molecular weight excluding hydrogens is 487 g/mol. The molecule has 0 bridgehead atoms. The molecule has 0 atom stereocenters. The number of hydrogen-bond acceptors (Lipinski definition) is 7. The minimum Gasteiger partial charge on any atom is -0.493 e. The lowest BCUT2D eigenvalue weighted by Gasteiger charge is -2.15. The molecule has 200 valence electrons. The summed E-state index contributed by atoms with van der Waals surface area (Å²) in [5.41, 5.74) is 2.62. The second-order valence-corrected chi connectivity index (χ2v) is 8.46. The molecule has 0 aliphatic carbocycles. The van der Waals surface area contributed by atoms with Crippen molar-refractivity contribution in [2.24, 2.45) is 9.98 Å². The lowest BCUT2D eigenvalue weighted by molar-refractivity contribution is 0.270. The van der Waals surface area contributed by atoms with E-state index in [4.69, 9.17) is 18.9 Å². The fourth-order valence-corrected chi connectivity index (χ4v) is 4.10. The van der Waals surface area contributed by atoms with Crippen molar-refractivity contribution in [3.05, 3.63) is 82.7 Å². The van der Waals surface area contributed by atoms with Gasteiger partial charge in [0.2, 0.25) is 0 Å². The van der Waals surface area contributed by atoms with Crippen molar-refractivity contribution in [3.8, 4) is 23.0 Å². The lowest BCUT2D eigenvalue weighted by atomic mass is 10.1. The van der Waals surface area contributed by atoms with Crippen LogP contribution in [0.3, 0.4) is 0 Å². The smallest absolute Gasteiger partial charge is 0.161 e. The summed E-state index contributed by atoms with van der Waals surface area (Å²) in [5.74, 6) is 3.33. The fourth-order valence-electron chi connectivity index (χ4n) is 4.10. The molecule has 0 aromatic heterocycles. The Morgan fingerprint density at radius 1 is 0.947 bits per heavy atom. The Morgan fingerprint density at radius 3 is 2.18 bits per heavy atom. The summed E-state index contributed by atoms with van der Waals surface area (Å²) in [6.45, 7) is 4.39. The SMILES string of the molecule is CCNC(=NC)c1ccc(OCc2cccc(COc3ccc(C4=NCCN4)cc3OC)c2F)c(OC)c1. The second-order valence-electron chi connectivity index (χ2n) is 8.46. The van der Waals surface area contributed by atoms with Crippen molar-refractivity contribution in [2.75, 3.05) is 40.9 Å². The summed E-state index contributed by atoms with van der Waals surface area (Å²) in [5, 5.41) is 6.45. The molecule has 0 radical (unpaired) electrons. The minimum atomic E-state index is -0.379. The number of methoxy groups -OCH3 is 2. The molecule has 4 rings (SSSR count). The van der Waals surface area contributed by atoms with E-state index < -0.39 is 0 Å². The van der Waals surface area contributed by atoms with Crippen LogP contribution in [0.4, 0.5) is 4.39 Å². The van der Waals surface area contributed by atoms with Crippen LogP contribution >= 0.6 is 0 Å². The molecule has 0 saturated heterocycles. The topological polar surface area (TPSA) is 85.7 Å². The molecular formula is C29H33FN4O4. The van der Waals surface area contributed by atoms with Crippen LogP contribution in [-0.4, -0.2) is 52.6 Å². The van der Waals surface area contributed by atoms with Crippen molar-refractivity contribution >= 4 is 11.7 Å². The number of ether oxygens (including phenoxy) is 4. The van der Waals surface area contributed by atoms with Crippen LogP contribution in [0.2, 0.25) is 0 Å². The third-order valence-electron chi connectivity index (χ3n) is 6.04. The molecule has 2 N–H and O–H groups in total. The number of nitrogens with zero attached hydrogens (tertiary/aromatic N) is 2. The van der Waals surface area contributed by atoms with Gasteiger partial charge >= 0.3 is 0 Å². The van der Waals surface area contributed by atoms with Gasteiger partial charge in [-0.3, -0.25) is 9.98 Å². The third-order valence-corrected chi connectivity index (χ3v) is 6.04. The van der Waals surface area contributed by atoms with Crippen molar-refractivity contribution in [1.29, 1.82) is 0 Å². The molecule has 38 heavy (non-hydrogen) atoms. The van der Waals surface area contributed by atoms with Crippen LogP contribution in [0, 0.1) is 5.82 Å². The summed E-state index contributed by atoms with van der Waals surface area (Å²) < 4.78 is 38.2. The number of amidine groups is 2.